The van der Waals surface area contributed by atoms with Gasteiger partial charge in [-0.15, -0.1) is 0 Å². The summed E-state index contributed by atoms with van der Waals surface area (Å²) in [6, 6.07) is 7.16. The molecule has 1 atom stereocenters. The van der Waals surface area contributed by atoms with Gasteiger partial charge in [0.2, 0.25) is 5.76 Å². The molecule has 1 fully saturated rings. The lowest BCUT2D eigenvalue weighted by atomic mass is 9.90. The molecule has 2 N–H and O–H groups in total. The number of nitrogens with two attached hydrogens (primary N) is 1. The molecule has 110 valence electrons. The fourth-order valence-corrected chi connectivity index (χ4v) is 2.53. The van der Waals surface area contributed by atoms with Gasteiger partial charge in [0.05, 0.1) is 5.69 Å². The smallest absolute Gasteiger partial charge is 0.292 e. The molecule has 6 heteroatoms. The van der Waals surface area contributed by atoms with Gasteiger partial charge in [-0.1, -0.05) is 18.1 Å². The summed E-state index contributed by atoms with van der Waals surface area (Å²) >= 11 is 0. The van der Waals surface area contributed by atoms with Gasteiger partial charge in [-0.2, -0.15) is 0 Å². The summed E-state index contributed by atoms with van der Waals surface area (Å²) in [5.41, 5.74) is 7.02. The first-order valence-electron chi connectivity index (χ1n) is 6.99. The molecule has 0 aliphatic carbocycles. The van der Waals surface area contributed by atoms with Gasteiger partial charge >= 0.3 is 0 Å². The van der Waals surface area contributed by atoms with Crippen LogP contribution in [0.5, 0.6) is 0 Å². The summed E-state index contributed by atoms with van der Waals surface area (Å²) < 4.78 is 5.18. The average Bonchev–Trinajstić information content (AvgIpc) is 3.15. The first kappa shape index (κ1) is 13.8. The predicted octanol–water partition coefficient (Wildman–Crippen LogP) is 1.55. The number of aromatic nitrogens is 2. The van der Waals surface area contributed by atoms with Crippen LogP contribution in [0.25, 0.3) is 11.4 Å². The van der Waals surface area contributed by atoms with Gasteiger partial charge in [-0.25, -0.2) is 0 Å². The number of hydrogen-bond acceptors (Lipinski definition) is 5. The number of nitrogens with zero attached hydrogens (tertiary/aromatic N) is 3. The number of likely N-dealkylation sites (tertiary alicyclic amines) is 1. The van der Waals surface area contributed by atoms with Crippen molar-refractivity contribution in [1.82, 2.24) is 15.0 Å². The van der Waals surface area contributed by atoms with Crippen LogP contribution in [0.2, 0.25) is 0 Å². The quantitative estimate of drug-likeness (QED) is 0.925. The Morgan fingerprint density at radius 2 is 2.33 bits per heavy atom. The van der Waals surface area contributed by atoms with Crippen LogP contribution in [0.15, 0.2) is 35.0 Å². The minimum Gasteiger partial charge on any atom is -0.350 e. The van der Waals surface area contributed by atoms with Crippen molar-refractivity contribution in [3.05, 3.63) is 36.2 Å². The summed E-state index contributed by atoms with van der Waals surface area (Å²) in [4.78, 5) is 18.4. The van der Waals surface area contributed by atoms with Gasteiger partial charge in [0.1, 0.15) is 5.69 Å². The molecule has 0 saturated carbocycles. The molecule has 1 unspecified atom stereocenters. The fourth-order valence-electron chi connectivity index (χ4n) is 2.53. The first-order chi connectivity index (χ1) is 10.1. The number of carbonyl (C=O) groups is 1. The molecule has 1 saturated heterocycles. The third kappa shape index (κ3) is 2.67. The standard InChI is InChI=1S/C15H18N4O2/c1-15(9-16)5-7-19(10-15)14(20)13-8-12(18-21-13)11-4-2-3-6-17-11/h2-4,6,8H,5,7,9-10,16H2,1H3. The molecular weight excluding hydrogens is 268 g/mol. The lowest BCUT2D eigenvalue weighted by molar-refractivity contribution is 0.0735. The summed E-state index contributed by atoms with van der Waals surface area (Å²) in [5, 5.41) is 3.93. The number of carbonyl (C=O) groups excluding carboxylic acids is 1. The summed E-state index contributed by atoms with van der Waals surface area (Å²) in [6.45, 7) is 4.03. The van der Waals surface area contributed by atoms with Crippen molar-refractivity contribution in [2.75, 3.05) is 19.6 Å². The molecular formula is C15H18N4O2. The lowest BCUT2D eigenvalue weighted by Gasteiger charge is -2.21. The van der Waals surface area contributed by atoms with Crippen LogP contribution >= 0.6 is 0 Å². The van der Waals surface area contributed by atoms with Crippen LogP contribution in [0, 0.1) is 5.41 Å². The minimum atomic E-state index is -0.137. The van der Waals surface area contributed by atoms with Crippen molar-refractivity contribution in [1.29, 1.82) is 0 Å². The van der Waals surface area contributed by atoms with Crippen molar-refractivity contribution >= 4 is 5.91 Å². The highest BCUT2D eigenvalue weighted by Crippen LogP contribution is 2.29. The van der Waals surface area contributed by atoms with Crippen LogP contribution in [0.4, 0.5) is 0 Å². The Kier molecular flexibility index (Phi) is 3.47. The van der Waals surface area contributed by atoms with E-state index in [4.69, 9.17) is 10.3 Å². The lowest BCUT2D eigenvalue weighted by Crippen LogP contribution is -2.34. The van der Waals surface area contributed by atoms with Gasteiger partial charge in [0.25, 0.3) is 5.91 Å². The first-order valence-corrected chi connectivity index (χ1v) is 6.99. The van der Waals surface area contributed by atoms with Gasteiger partial charge in [0.15, 0.2) is 0 Å². The maximum absolute atomic E-state index is 12.4. The minimum absolute atomic E-state index is 0.000499. The Morgan fingerprint density at radius 3 is 3.00 bits per heavy atom. The molecule has 1 aliphatic rings. The Balaban J connectivity index is 1.77. The van der Waals surface area contributed by atoms with E-state index in [0.29, 0.717) is 31.0 Å². The van der Waals surface area contributed by atoms with Crippen molar-refractivity contribution in [3.8, 4) is 11.4 Å². The van der Waals surface area contributed by atoms with Crippen LogP contribution in [0.1, 0.15) is 23.9 Å². The molecule has 1 amide bonds. The number of amides is 1. The molecule has 0 radical (unpaired) electrons. The highest BCUT2D eigenvalue weighted by Gasteiger charge is 2.36. The third-order valence-corrected chi connectivity index (χ3v) is 3.99. The third-order valence-electron chi connectivity index (χ3n) is 3.99. The molecule has 6 nitrogen and oxygen atoms in total. The second kappa shape index (κ2) is 5.29. The highest BCUT2D eigenvalue weighted by molar-refractivity contribution is 5.92. The van der Waals surface area contributed by atoms with E-state index >= 15 is 0 Å². The van der Waals surface area contributed by atoms with Crippen molar-refractivity contribution in [2.24, 2.45) is 11.1 Å². The zero-order valence-electron chi connectivity index (χ0n) is 12.0. The largest absolute Gasteiger partial charge is 0.350 e. The van der Waals surface area contributed by atoms with E-state index in [0.717, 1.165) is 6.42 Å². The zero-order valence-corrected chi connectivity index (χ0v) is 12.0. The SMILES string of the molecule is CC1(CN)CCN(C(=O)c2cc(-c3ccccn3)no2)C1. The van der Waals surface area contributed by atoms with Gasteiger partial charge in [-0.3, -0.25) is 9.78 Å². The van der Waals surface area contributed by atoms with E-state index in [1.807, 2.05) is 18.2 Å². The average molecular weight is 286 g/mol. The Bertz CT molecular complexity index is 640. The van der Waals surface area contributed by atoms with Crippen molar-refractivity contribution in [2.45, 2.75) is 13.3 Å². The molecule has 2 aromatic rings. The molecule has 0 bridgehead atoms. The highest BCUT2D eigenvalue weighted by atomic mass is 16.5. The fraction of sp³-hybridized carbons (Fsp3) is 0.400. The summed E-state index contributed by atoms with van der Waals surface area (Å²) in [7, 11) is 0. The van der Waals surface area contributed by atoms with Gasteiger partial charge in [-0.05, 0) is 30.5 Å². The molecule has 21 heavy (non-hydrogen) atoms. The maximum atomic E-state index is 12.4. The van der Waals surface area contributed by atoms with Crippen LogP contribution < -0.4 is 5.73 Å². The number of rotatable bonds is 3. The zero-order chi connectivity index (χ0) is 14.9. The summed E-state index contributed by atoms with van der Waals surface area (Å²) in [6.07, 6.45) is 2.59. The van der Waals surface area contributed by atoms with E-state index in [1.165, 1.54) is 0 Å². The van der Waals surface area contributed by atoms with Crippen LogP contribution in [0.3, 0.4) is 0 Å². The normalized spacial score (nSPS) is 21.7. The van der Waals surface area contributed by atoms with Crippen molar-refractivity contribution in [3.63, 3.8) is 0 Å². The van der Waals surface area contributed by atoms with Crippen LogP contribution in [-0.2, 0) is 0 Å². The second-order valence-electron chi connectivity index (χ2n) is 5.78. The van der Waals surface area contributed by atoms with Crippen molar-refractivity contribution < 1.29 is 9.32 Å². The van der Waals surface area contributed by atoms with E-state index in [1.54, 1.807) is 17.2 Å². The number of pyridine rings is 1. The Hall–Kier alpha value is -2.21. The summed E-state index contributed by atoms with van der Waals surface area (Å²) in [5.74, 6) is 0.110. The van der Waals surface area contributed by atoms with Gasteiger partial charge in [0, 0.05) is 25.4 Å². The van der Waals surface area contributed by atoms with Gasteiger partial charge < -0.3 is 15.2 Å². The number of hydrogen-bond donors (Lipinski definition) is 1. The monoisotopic (exact) mass is 286 g/mol. The molecule has 1 aliphatic heterocycles. The van der Waals surface area contributed by atoms with E-state index in [9.17, 15) is 4.79 Å². The predicted molar refractivity (Wildman–Crippen MR) is 77.4 cm³/mol. The molecule has 0 spiro atoms. The topological polar surface area (TPSA) is 85.2 Å². The molecule has 3 heterocycles. The second-order valence-corrected chi connectivity index (χ2v) is 5.78. The molecule has 2 aromatic heterocycles. The van der Waals surface area contributed by atoms with E-state index < -0.39 is 0 Å². The molecule has 0 aromatic carbocycles. The Labute approximate surface area is 122 Å². The van der Waals surface area contributed by atoms with E-state index in [2.05, 4.69) is 17.1 Å². The molecule has 3 rings (SSSR count). The van der Waals surface area contributed by atoms with E-state index in [-0.39, 0.29) is 17.1 Å². The van der Waals surface area contributed by atoms with Crippen LogP contribution in [-0.4, -0.2) is 40.6 Å². The Morgan fingerprint density at radius 1 is 1.48 bits per heavy atom. The maximum Gasteiger partial charge on any atom is 0.292 e.